The molecular weight excluding hydrogens is 240 g/mol. The van der Waals surface area contributed by atoms with Crippen LogP contribution in [-0.4, -0.2) is 16.1 Å². The van der Waals surface area contributed by atoms with Crippen LogP contribution < -0.4 is 11.1 Å². The first-order valence-electron chi connectivity index (χ1n) is 6.20. The number of nitrogens with two attached hydrogens (primary N) is 1. The maximum Gasteiger partial charge on any atom is 0.256 e. The van der Waals surface area contributed by atoms with Crippen LogP contribution in [0.4, 0.5) is 11.5 Å². The lowest BCUT2D eigenvalue weighted by Gasteiger charge is -2.07. The van der Waals surface area contributed by atoms with Gasteiger partial charge in [0.2, 0.25) is 0 Å². The molecule has 0 aliphatic heterocycles. The molecule has 2 rings (SSSR count). The lowest BCUT2D eigenvalue weighted by molar-refractivity contribution is 0.102. The molecule has 0 saturated heterocycles. The lowest BCUT2D eigenvalue weighted by Crippen LogP contribution is -2.13. The van der Waals surface area contributed by atoms with Gasteiger partial charge in [-0.25, -0.2) is 0 Å². The summed E-state index contributed by atoms with van der Waals surface area (Å²) in [5.74, 6) is 0.602. The van der Waals surface area contributed by atoms with Crippen molar-refractivity contribution in [3.63, 3.8) is 0 Å². The fourth-order valence-electron chi connectivity index (χ4n) is 1.73. The molecule has 1 aromatic heterocycles. The highest BCUT2D eigenvalue weighted by molar-refractivity contribution is 6.05. The van der Waals surface area contributed by atoms with Crippen LogP contribution in [0.1, 0.15) is 41.4 Å². The fraction of sp³-hybridized carbons (Fsp3) is 0.286. The molecule has 0 aliphatic rings. The van der Waals surface area contributed by atoms with E-state index in [1.165, 1.54) is 5.56 Å². The Hall–Kier alpha value is -2.30. The standard InChI is InChI=1S/C14H18N4O/c1-8(2)10-4-6-11(7-5-10)14(19)16-13-12(15)9(3)17-18-13/h4-8H,15H2,1-3H3,(H2,16,17,18,19). The number of anilines is 2. The third kappa shape index (κ3) is 2.76. The van der Waals surface area contributed by atoms with Gasteiger partial charge in [-0.1, -0.05) is 26.0 Å². The van der Waals surface area contributed by atoms with Crippen molar-refractivity contribution < 1.29 is 4.79 Å². The average molecular weight is 258 g/mol. The van der Waals surface area contributed by atoms with Crippen molar-refractivity contribution in [2.45, 2.75) is 26.7 Å². The highest BCUT2D eigenvalue weighted by Crippen LogP contribution is 2.19. The van der Waals surface area contributed by atoms with Crippen molar-refractivity contribution in [2.24, 2.45) is 0 Å². The van der Waals surface area contributed by atoms with Crippen LogP contribution in [0.2, 0.25) is 0 Å². The van der Waals surface area contributed by atoms with E-state index >= 15 is 0 Å². The highest BCUT2D eigenvalue weighted by Gasteiger charge is 2.12. The van der Waals surface area contributed by atoms with Crippen molar-refractivity contribution >= 4 is 17.4 Å². The molecule has 0 atom stereocenters. The quantitative estimate of drug-likeness (QED) is 0.791. The number of hydrogen-bond donors (Lipinski definition) is 3. The Bertz CT molecular complexity index is 584. The van der Waals surface area contributed by atoms with Crippen LogP contribution in [0, 0.1) is 6.92 Å². The number of amides is 1. The Kier molecular flexibility index (Phi) is 3.55. The Morgan fingerprint density at radius 2 is 1.95 bits per heavy atom. The Morgan fingerprint density at radius 3 is 2.42 bits per heavy atom. The van der Waals surface area contributed by atoms with Crippen molar-refractivity contribution in [3.8, 4) is 0 Å². The summed E-state index contributed by atoms with van der Waals surface area (Å²) in [5.41, 5.74) is 8.78. The zero-order valence-electron chi connectivity index (χ0n) is 11.3. The van der Waals surface area contributed by atoms with Crippen LogP contribution >= 0.6 is 0 Å². The Balaban J connectivity index is 2.14. The van der Waals surface area contributed by atoms with Gasteiger partial charge in [0.15, 0.2) is 5.82 Å². The number of hydrogen-bond acceptors (Lipinski definition) is 3. The van der Waals surface area contributed by atoms with Crippen LogP contribution in [0.5, 0.6) is 0 Å². The molecular formula is C14H18N4O. The highest BCUT2D eigenvalue weighted by atomic mass is 16.1. The van der Waals surface area contributed by atoms with E-state index in [1.54, 1.807) is 19.1 Å². The van der Waals surface area contributed by atoms with E-state index in [2.05, 4.69) is 29.4 Å². The van der Waals surface area contributed by atoms with Gasteiger partial charge in [-0.2, -0.15) is 5.10 Å². The molecule has 0 fully saturated rings. The summed E-state index contributed by atoms with van der Waals surface area (Å²) in [6, 6.07) is 7.53. The molecule has 100 valence electrons. The van der Waals surface area contributed by atoms with Crippen LogP contribution in [0.25, 0.3) is 0 Å². The first kappa shape index (κ1) is 13.1. The molecule has 1 aromatic carbocycles. The summed E-state index contributed by atoms with van der Waals surface area (Å²) in [6.07, 6.45) is 0. The van der Waals surface area contributed by atoms with E-state index in [-0.39, 0.29) is 5.91 Å². The first-order chi connectivity index (χ1) is 8.99. The predicted octanol–water partition coefficient (Wildman–Crippen LogP) is 2.68. The van der Waals surface area contributed by atoms with E-state index in [4.69, 9.17) is 5.73 Å². The minimum absolute atomic E-state index is 0.214. The topological polar surface area (TPSA) is 83.8 Å². The minimum Gasteiger partial charge on any atom is -0.394 e. The number of aromatic amines is 1. The van der Waals surface area contributed by atoms with Crippen molar-refractivity contribution in [1.82, 2.24) is 10.2 Å². The molecule has 4 N–H and O–H groups in total. The first-order valence-corrected chi connectivity index (χ1v) is 6.20. The lowest BCUT2D eigenvalue weighted by atomic mass is 10.0. The Morgan fingerprint density at radius 1 is 1.32 bits per heavy atom. The molecule has 1 heterocycles. The van der Waals surface area contributed by atoms with Crippen molar-refractivity contribution in [3.05, 3.63) is 41.1 Å². The molecule has 5 heteroatoms. The van der Waals surface area contributed by atoms with Gasteiger partial charge in [0.25, 0.3) is 5.91 Å². The second-order valence-electron chi connectivity index (χ2n) is 4.84. The van der Waals surface area contributed by atoms with Crippen molar-refractivity contribution in [1.29, 1.82) is 0 Å². The molecule has 1 amide bonds. The summed E-state index contributed by atoms with van der Waals surface area (Å²) in [7, 11) is 0. The number of benzene rings is 1. The molecule has 0 unspecified atom stereocenters. The molecule has 0 saturated carbocycles. The third-order valence-electron chi connectivity index (χ3n) is 3.07. The SMILES string of the molecule is Cc1[nH]nc(NC(=O)c2ccc(C(C)C)cc2)c1N. The van der Waals surface area contributed by atoms with Crippen molar-refractivity contribution in [2.75, 3.05) is 11.1 Å². The number of aryl methyl sites for hydroxylation is 1. The van der Waals surface area contributed by atoms with Gasteiger partial charge < -0.3 is 11.1 Å². The monoisotopic (exact) mass is 258 g/mol. The largest absolute Gasteiger partial charge is 0.394 e. The molecule has 19 heavy (non-hydrogen) atoms. The summed E-state index contributed by atoms with van der Waals surface area (Å²) in [4.78, 5) is 12.0. The van der Waals surface area contributed by atoms with E-state index in [1.807, 2.05) is 12.1 Å². The molecule has 0 bridgehead atoms. The smallest absolute Gasteiger partial charge is 0.256 e. The molecule has 0 aliphatic carbocycles. The van der Waals surface area contributed by atoms with Crippen LogP contribution in [0.15, 0.2) is 24.3 Å². The number of nitrogens with one attached hydrogen (secondary N) is 2. The molecule has 2 aromatic rings. The van der Waals surface area contributed by atoms with Gasteiger partial charge >= 0.3 is 0 Å². The summed E-state index contributed by atoms with van der Waals surface area (Å²) in [5, 5.41) is 9.36. The van der Waals surface area contributed by atoms with Gasteiger partial charge in [0, 0.05) is 5.56 Å². The number of rotatable bonds is 3. The maximum atomic E-state index is 12.0. The minimum atomic E-state index is -0.214. The number of nitrogen functional groups attached to an aromatic ring is 1. The van der Waals surface area contributed by atoms with Gasteiger partial charge in [-0.15, -0.1) is 0 Å². The van der Waals surface area contributed by atoms with E-state index in [9.17, 15) is 4.79 Å². The number of aromatic nitrogens is 2. The summed E-state index contributed by atoms with van der Waals surface area (Å²) < 4.78 is 0. The average Bonchev–Trinajstić information content (AvgIpc) is 2.71. The zero-order valence-corrected chi connectivity index (χ0v) is 11.3. The van der Waals surface area contributed by atoms with Gasteiger partial charge in [0.1, 0.15) is 0 Å². The number of nitrogens with zero attached hydrogens (tertiary/aromatic N) is 1. The predicted molar refractivity (Wildman–Crippen MR) is 76.2 cm³/mol. The van der Waals surface area contributed by atoms with E-state index in [0.29, 0.717) is 23.0 Å². The van der Waals surface area contributed by atoms with E-state index < -0.39 is 0 Å². The number of carbonyl (C=O) groups is 1. The molecule has 0 radical (unpaired) electrons. The number of H-pyrrole nitrogens is 1. The zero-order chi connectivity index (χ0) is 14.0. The van der Waals surface area contributed by atoms with Crippen LogP contribution in [-0.2, 0) is 0 Å². The third-order valence-corrected chi connectivity index (χ3v) is 3.07. The normalized spacial score (nSPS) is 10.7. The summed E-state index contributed by atoms with van der Waals surface area (Å²) in [6.45, 7) is 6.03. The molecule has 0 spiro atoms. The fourth-order valence-corrected chi connectivity index (χ4v) is 1.73. The van der Waals surface area contributed by atoms with Gasteiger partial charge in [0.05, 0.1) is 11.4 Å². The second kappa shape index (κ2) is 5.14. The van der Waals surface area contributed by atoms with Gasteiger partial charge in [-0.05, 0) is 30.5 Å². The summed E-state index contributed by atoms with van der Waals surface area (Å²) >= 11 is 0. The molecule has 5 nitrogen and oxygen atoms in total. The van der Waals surface area contributed by atoms with E-state index in [0.717, 1.165) is 5.69 Å². The second-order valence-corrected chi connectivity index (χ2v) is 4.84. The number of carbonyl (C=O) groups excluding carboxylic acids is 1. The Labute approximate surface area is 112 Å². The maximum absolute atomic E-state index is 12.0. The van der Waals surface area contributed by atoms with Gasteiger partial charge in [-0.3, -0.25) is 9.89 Å². The van der Waals surface area contributed by atoms with Crippen LogP contribution in [0.3, 0.4) is 0 Å².